The number of carbonyl (C=O) groups is 1. The minimum atomic E-state index is -0.588. The molecule has 0 aliphatic rings. The molecule has 104 valence electrons. The number of rotatable bonds is 2. The molecule has 0 heterocycles. The Bertz CT molecular complexity index is 674. The third kappa shape index (κ3) is 3.23. The summed E-state index contributed by atoms with van der Waals surface area (Å²) in [5.41, 5.74) is 6.07. The Labute approximate surface area is 133 Å². The van der Waals surface area contributed by atoms with Gasteiger partial charge in [-0.1, -0.05) is 23.2 Å². The van der Waals surface area contributed by atoms with E-state index in [1.165, 1.54) is 6.07 Å². The largest absolute Gasteiger partial charge is 0.399 e. The molecular weight excluding hydrogens is 370 g/mol. The Morgan fingerprint density at radius 1 is 1.20 bits per heavy atom. The van der Waals surface area contributed by atoms with Gasteiger partial charge in [0.05, 0.1) is 15.7 Å². The van der Waals surface area contributed by atoms with Crippen molar-refractivity contribution in [2.45, 2.75) is 0 Å². The number of benzene rings is 2. The van der Waals surface area contributed by atoms with E-state index in [4.69, 9.17) is 28.9 Å². The second-order valence-electron chi connectivity index (χ2n) is 3.95. The van der Waals surface area contributed by atoms with Crippen LogP contribution in [-0.2, 0) is 0 Å². The van der Waals surface area contributed by atoms with Gasteiger partial charge in [0, 0.05) is 15.7 Å². The Morgan fingerprint density at radius 3 is 2.55 bits per heavy atom. The second kappa shape index (κ2) is 5.99. The van der Waals surface area contributed by atoms with Crippen LogP contribution in [0.3, 0.4) is 0 Å². The molecule has 2 aromatic rings. The first-order chi connectivity index (χ1) is 9.38. The van der Waals surface area contributed by atoms with E-state index < -0.39 is 11.7 Å². The first kappa shape index (κ1) is 15.1. The molecule has 7 heteroatoms. The van der Waals surface area contributed by atoms with Crippen LogP contribution in [0.5, 0.6) is 0 Å². The maximum Gasteiger partial charge on any atom is 0.255 e. The summed E-state index contributed by atoms with van der Waals surface area (Å²) in [6.45, 7) is 0. The molecule has 3 nitrogen and oxygen atoms in total. The van der Waals surface area contributed by atoms with E-state index in [2.05, 4.69) is 21.2 Å². The van der Waals surface area contributed by atoms with Crippen LogP contribution in [0.25, 0.3) is 0 Å². The van der Waals surface area contributed by atoms with E-state index >= 15 is 0 Å². The van der Waals surface area contributed by atoms with Crippen molar-refractivity contribution in [3.63, 3.8) is 0 Å². The normalized spacial score (nSPS) is 10.4. The highest BCUT2D eigenvalue weighted by molar-refractivity contribution is 9.10. The zero-order valence-electron chi connectivity index (χ0n) is 9.88. The molecule has 0 aromatic heterocycles. The lowest BCUT2D eigenvalue weighted by Gasteiger charge is -2.10. The van der Waals surface area contributed by atoms with Gasteiger partial charge in [-0.3, -0.25) is 4.79 Å². The first-order valence-electron chi connectivity index (χ1n) is 5.39. The molecule has 0 aliphatic heterocycles. The quantitative estimate of drug-likeness (QED) is 0.587. The lowest BCUT2D eigenvalue weighted by atomic mass is 10.1. The number of nitrogen functional groups attached to an aromatic ring is 1. The molecular formula is C13H8BrCl2FN2O. The summed E-state index contributed by atoms with van der Waals surface area (Å²) < 4.78 is 13.8. The van der Waals surface area contributed by atoms with Crippen molar-refractivity contribution >= 4 is 56.4 Å². The van der Waals surface area contributed by atoms with Gasteiger partial charge in [-0.2, -0.15) is 0 Å². The van der Waals surface area contributed by atoms with Gasteiger partial charge in [0.1, 0.15) is 5.82 Å². The van der Waals surface area contributed by atoms with Crippen molar-refractivity contribution in [1.29, 1.82) is 0 Å². The highest BCUT2D eigenvalue weighted by Crippen LogP contribution is 2.36. The van der Waals surface area contributed by atoms with Crippen molar-refractivity contribution in [3.8, 4) is 0 Å². The number of anilines is 2. The van der Waals surface area contributed by atoms with E-state index in [0.29, 0.717) is 10.2 Å². The minimum absolute atomic E-state index is 0.0950. The molecule has 2 aromatic carbocycles. The molecule has 0 atom stereocenters. The van der Waals surface area contributed by atoms with Crippen molar-refractivity contribution < 1.29 is 9.18 Å². The molecule has 0 unspecified atom stereocenters. The van der Waals surface area contributed by atoms with Gasteiger partial charge in [-0.25, -0.2) is 4.39 Å². The lowest BCUT2D eigenvalue weighted by molar-refractivity contribution is 0.102. The van der Waals surface area contributed by atoms with Gasteiger partial charge in [0.15, 0.2) is 0 Å². The third-order valence-electron chi connectivity index (χ3n) is 2.47. The maximum absolute atomic E-state index is 13.2. The van der Waals surface area contributed by atoms with Crippen LogP contribution < -0.4 is 11.1 Å². The number of halogens is 4. The van der Waals surface area contributed by atoms with Crippen molar-refractivity contribution in [2.75, 3.05) is 11.1 Å². The van der Waals surface area contributed by atoms with Gasteiger partial charge < -0.3 is 11.1 Å². The van der Waals surface area contributed by atoms with Crippen LogP contribution in [0.4, 0.5) is 15.8 Å². The van der Waals surface area contributed by atoms with E-state index in [1.54, 1.807) is 12.1 Å². The number of hydrogen-bond acceptors (Lipinski definition) is 2. The van der Waals surface area contributed by atoms with Crippen molar-refractivity contribution in [3.05, 3.63) is 56.2 Å². The first-order valence-corrected chi connectivity index (χ1v) is 6.94. The molecule has 0 radical (unpaired) electrons. The SMILES string of the molecule is Nc1cc(F)cc(C(=O)Nc2ccc(Br)c(Cl)c2Cl)c1. The third-order valence-corrected chi connectivity index (χ3v) is 4.24. The molecule has 2 rings (SSSR count). The molecule has 0 aliphatic carbocycles. The van der Waals surface area contributed by atoms with Crippen molar-refractivity contribution in [1.82, 2.24) is 0 Å². The predicted molar refractivity (Wildman–Crippen MR) is 82.9 cm³/mol. The number of nitrogens with two attached hydrogens (primary N) is 1. The Balaban J connectivity index is 2.30. The average molecular weight is 378 g/mol. The fourth-order valence-corrected chi connectivity index (χ4v) is 2.38. The summed E-state index contributed by atoms with van der Waals surface area (Å²) in [6.07, 6.45) is 0. The number of nitrogens with one attached hydrogen (secondary N) is 1. The Hall–Kier alpha value is -1.30. The zero-order valence-corrected chi connectivity index (χ0v) is 13.0. The number of hydrogen-bond donors (Lipinski definition) is 2. The van der Waals surface area contributed by atoms with Crippen LogP contribution in [-0.4, -0.2) is 5.91 Å². The summed E-state index contributed by atoms with van der Waals surface area (Å²) >= 11 is 15.2. The standard InChI is InChI=1S/C13H8BrCl2FN2O/c14-9-1-2-10(12(16)11(9)15)19-13(20)6-3-7(17)5-8(18)4-6/h1-5H,18H2,(H,19,20). The number of amides is 1. The molecule has 20 heavy (non-hydrogen) atoms. The van der Waals surface area contributed by atoms with E-state index in [0.717, 1.165) is 12.1 Å². The van der Waals surface area contributed by atoms with Crippen molar-refractivity contribution in [2.24, 2.45) is 0 Å². The van der Waals surface area contributed by atoms with Crippen LogP contribution in [0.1, 0.15) is 10.4 Å². The molecule has 0 saturated heterocycles. The van der Waals surface area contributed by atoms with Crippen LogP contribution in [0.2, 0.25) is 10.0 Å². The van der Waals surface area contributed by atoms with Gasteiger partial charge in [-0.05, 0) is 46.3 Å². The Morgan fingerprint density at radius 2 is 1.90 bits per heavy atom. The fraction of sp³-hybridized carbons (Fsp3) is 0. The van der Waals surface area contributed by atoms with Gasteiger partial charge in [0.25, 0.3) is 5.91 Å². The second-order valence-corrected chi connectivity index (χ2v) is 5.56. The van der Waals surface area contributed by atoms with Gasteiger partial charge >= 0.3 is 0 Å². The molecule has 0 bridgehead atoms. The highest BCUT2D eigenvalue weighted by Gasteiger charge is 2.13. The van der Waals surface area contributed by atoms with Crippen LogP contribution in [0.15, 0.2) is 34.8 Å². The highest BCUT2D eigenvalue weighted by atomic mass is 79.9. The summed E-state index contributed by atoms with van der Waals surface area (Å²) in [4.78, 5) is 12.0. The number of carbonyl (C=O) groups excluding carboxylic acids is 1. The summed E-state index contributed by atoms with van der Waals surface area (Å²) in [7, 11) is 0. The summed E-state index contributed by atoms with van der Waals surface area (Å²) in [5, 5.41) is 3.02. The molecule has 3 N–H and O–H groups in total. The van der Waals surface area contributed by atoms with Gasteiger partial charge in [-0.15, -0.1) is 0 Å². The molecule has 0 saturated carbocycles. The summed E-state index contributed by atoms with van der Waals surface area (Å²) in [6, 6.07) is 6.80. The van der Waals surface area contributed by atoms with Crippen LogP contribution >= 0.6 is 39.1 Å². The average Bonchev–Trinajstić information content (AvgIpc) is 2.38. The van der Waals surface area contributed by atoms with Gasteiger partial charge in [0.2, 0.25) is 0 Å². The molecule has 1 amide bonds. The fourth-order valence-electron chi connectivity index (χ4n) is 1.56. The predicted octanol–water partition coefficient (Wildman–Crippen LogP) is 4.73. The van der Waals surface area contributed by atoms with E-state index in [-0.39, 0.29) is 21.3 Å². The molecule has 0 fully saturated rings. The Kier molecular flexibility index (Phi) is 4.52. The monoisotopic (exact) mass is 376 g/mol. The zero-order chi connectivity index (χ0) is 14.9. The summed E-state index contributed by atoms with van der Waals surface area (Å²) in [5.74, 6) is -1.12. The van der Waals surface area contributed by atoms with E-state index in [9.17, 15) is 9.18 Å². The van der Waals surface area contributed by atoms with E-state index in [1.807, 2.05) is 0 Å². The topological polar surface area (TPSA) is 55.1 Å². The smallest absolute Gasteiger partial charge is 0.255 e. The molecule has 0 spiro atoms. The maximum atomic E-state index is 13.2. The lowest BCUT2D eigenvalue weighted by Crippen LogP contribution is -2.13. The minimum Gasteiger partial charge on any atom is -0.399 e. The van der Waals surface area contributed by atoms with Crippen LogP contribution in [0, 0.1) is 5.82 Å².